The molecule has 86 valence electrons. The normalized spacial score (nSPS) is 10.6. The average molecular weight is 221 g/mol. The predicted octanol–water partition coefficient (Wildman–Crippen LogP) is 1.44. The van der Waals surface area contributed by atoms with Gasteiger partial charge in [-0.15, -0.1) is 0 Å². The third-order valence-electron chi connectivity index (χ3n) is 2.06. The molecule has 0 unspecified atom stereocenters. The number of hydrogen-bond acceptors (Lipinski definition) is 3. The summed E-state index contributed by atoms with van der Waals surface area (Å²) in [6.45, 7) is 4.63. The van der Waals surface area contributed by atoms with E-state index in [9.17, 15) is 9.59 Å². The van der Waals surface area contributed by atoms with Crippen molar-refractivity contribution in [2.24, 2.45) is 0 Å². The van der Waals surface area contributed by atoms with Crippen molar-refractivity contribution in [2.75, 3.05) is 6.61 Å². The highest BCUT2D eigenvalue weighted by Gasteiger charge is 1.96. The minimum atomic E-state index is -0.401. The van der Waals surface area contributed by atoms with Crippen LogP contribution in [0.4, 0.5) is 0 Å². The van der Waals surface area contributed by atoms with Gasteiger partial charge in [-0.1, -0.05) is 0 Å². The second-order valence-corrected chi connectivity index (χ2v) is 3.17. The molecule has 0 aliphatic heterocycles. The summed E-state index contributed by atoms with van der Waals surface area (Å²) in [4.78, 5) is 22.5. The van der Waals surface area contributed by atoms with Gasteiger partial charge in [0.25, 0.3) is 5.56 Å². The highest BCUT2D eigenvalue weighted by Crippen LogP contribution is 1.98. The van der Waals surface area contributed by atoms with Crippen LogP contribution in [0.3, 0.4) is 0 Å². The number of pyridine rings is 1. The highest BCUT2D eigenvalue weighted by molar-refractivity contribution is 5.86. The van der Waals surface area contributed by atoms with E-state index in [4.69, 9.17) is 4.74 Å². The summed E-state index contributed by atoms with van der Waals surface area (Å²) >= 11 is 0. The Bertz CT molecular complexity index is 446. The number of ether oxygens (including phenoxy) is 1. The Kier molecular flexibility index (Phi) is 4.51. The van der Waals surface area contributed by atoms with Crippen molar-refractivity contribution >= 4 is 12.0 Å². The van der Waals surface area contributed by atoms with Crippen LogP contribution in [0.25, 0.3) is 6.08 Å². The van der Waals surface area contributed by atoms with Crippen LogP contribution in [0.1, 0.15) is 19.4 Å². The molecule has 0 amide bonds. The lowest BCUT2D eigenvalue weighted by atomic mass is 10.2. The topological polar surface area (TPSA) is 48.3 Å². The predicted molar refractivity (Wildman–Crippen MR) is 62.0 cm³/mol. The monoisotopic (exact) mass is 221 g/mol. The van der Waals surface area contributed by atoms with Crippen molar-refractivity contribution in [1.82, 2.24) is 4.57 Å². The number of aromatic nitrogens is 1. The molecule has 0 saturated heterocycles. The SMILES string of the molecule is CCOC(=O)C=Cc1ccn(CC)c(=O)c1. The Morgan fingerprint density at radius 1 is 1.50 bits per heavy atom. The molecule has 1 heterocycles. The molecule has 0 N–H and O–H groups in total. The number of carbonyl (C=O) groups is 1. The molecule has 0 saturated carbocycles. The smallest absolute Gasteiger partial charge is 0.330 e. The molecule has 0 aromatic carbocycles. The Balaban J connectivity index is 2.79. The van der Waals surface area contributed by atoms with Crippen LogP contribution in [-0.4, -0.2) is 17.1 Å². The van der Waals surface area contributed by atoms with Gasteiger partial charge in [-0.25, -0.2) is 4.79 Å². The van der Waals surface area contributed by atoms with E-state index >= 15 is 0 Å². The number of rotatable bonds is 4. The van der Waals surface area contributed by atoms with E-state index in [2.05, 4.69) is 0 Å². The molecule has 1 aromatic rings. The third kappa shape index (κ3) is 3.38. The van der Waals surface area contributed by atoms with Crippen LogP contribution >= 0.6 is 0 Å². The fraction of sp³-hybridized carbons (Fsp3) is 0.333. The van der Waals surface area contributed by atoms with Gasteiger partial charge in [-0.2, -0.15) is 0 Å². The van der Waals surface area contributed by atoms with E-state index in [1.54, 1.807) is 29.8 Å². The number of aryl methyl sites for hydroxylation is 1. The Hall–Kier alpha value is -1.84. The molecule has 4 heteroatoms. The lowest BCUT2D eigenvalue weighted by Crippen LogP contribution is -2.17. The molecule has 0 radical (unpaired) electrons. The first-order chi connectivity index (χ1) is 7.67. The van der Waals surface area contributed by atoms with Crippen LogP contribution < -0.4 is 5.56 Å². The van der Waals surface area contributed by atoms with Crippen LogP contribution in [0.15, 0.2) is 29.2 Å². The fourth-order valence-corrected chi connectivity index (χ4v) is 1.24. The molecule has 16 heavy (non-hydrogen) atoms. The first-order valence-corrected chi connectivity index (χ1v) is 5.22. The largest absolute Gasteiger partial charge is 0.463 e. The van der Waals surface area contributed by atoms with E-state index in [1.807, 2.05) is 6.92 Å². The zero-order valence-electron chi connectivity index (χ0n) is 9.47. The summed E-state index contributed by atoms with van der Waals surface area (Å²) in [6.07, 6.45) is 4.58. The van der Waals surface area contributed by atoms with Crippen molar-refractivity contribution in [1.29, 1.82) is 0 Å². The van der Waals surface area contributed by atoms with Crippen LogP contribution in [0.5, 0.6) is 0 Å². The molecule has 0 bridgehead atoms. The first-order valence-electron chi connectivity index (χ1n) is 5.22. The van der Waals surface area contributed by atoms with Gasteiger partial charge in [0.05, 0.1) is 6.61 Å². The van der Waals surface area contributed by atoms with Crippen LogP contribution in [0, 0.1) is 0 Å². The zero-order chi connectivity index (χ0) is 12.0. The molecule has 1 rings (SSSR count). The fourth-order valence-electron chi connectivity index (χ4n) is 1.24. The van der Waals surface area contributed by atoms with Gasteiger partial charge in [-0.3, -0.25) is 4.79 Å². The summed E-state index contributed by atoms with van der Waals surface area (Å²) in [5, 5.41) is 0. The lowest BCUT2D eigenvalue weighted by Gasteiger charge is -2.00. The first kappa shape index (κ1) is 12.2. The molecule has 0 atom stereocenters. The van der Waals surface area contributed by atoms with Gasteiger partial charge >= 0.3 is 5.97 Å². The Labute approximate surface area is 94.2 Å². The molecule has 1 aromatic heterocycles. The third-order valence-corrected chi connectivity index (χ3v) is 2.06. The maximum absolute atomic E-state index is 11.5. The Morgan fingerprint density at radius 2 is 2.25 bits per heavy atom. The molecule has 0 fully saturated rings. The minimum Gasteiger partial charge on any atom is -0.463 e. The number of nitrogens with zero attached hydrogens (tertiary/aromatic N) is 1. The summed E-state index contributed by atoms with van der Waals surface area (Å²) in [5.74, 6) is -0.401. The molecular formula is C12H15NO3. The lowest BCUT2D eigenvalue weighted by molar-refractivity contribution is -0.137. The van der Waals surface area contributed by atoms with Crippen molar-refractivity contribution < 1.29 is 9.53 Å². The standard InChI is InChI=1S/C12H15NO3/c1-3-13-8-7-10(9-11(13)14)5-6-12(15)16-4-2/h5-9H,3-4H2,1-2H3. The van der Waals surface area contributed by atoms with E-state index in [-0.39, 0.29) is 5.56 Å². The van der Waals surface area contributed by atoms with Crippen molar-refractivity contribution in [3.05, 3.63) is 40.3 Å². The molecular weight excluding hydrogens is 206 g/mol. The average Bonchev–Trinajstić information content (AvgIpc) is 2.27. The van der Waals surface area contributed by atoms with E-state index < -0.39 is 5.97 Å². The second kappa shape index (κ2) is 5.90. The number of hydrogen-bond donors (Lipinski definition) is 0. The number of carbonyl (C=O) groups excluding carboxylic acids is 1. The minimum absolute atomic E-state index is 0.0755. The summed E-state index contributed by atoms with van der Waals surface area (Å²) in [6, 6.07) is 3.26. The van der Waals surface area contributed by atoms with Crippen molar-refractivity contribution in [3.63, 3.8) is 0 Å². The molecule has 0 spiro atoms. The highest BCUT2D eigenvalue weighted by atomic mass is 16.5. The quantitative estimate of drug-likeness (QED) is 0.571. The Morgan fingerprint density at radius 3 is 2.81 bits per heavy atom. The van der Waals surface area contributed by atoms with Gasteiger partial charge in [0.1, 0.15) is 0 Å². The van der Waals surface area contributed by atoms with Crippen molar-refractivity contribution in [2.45, 2.75) is 20.4 Å². The van der Waals surface area contributed by atoms with E-state index in [1.165, 1.54) is 12.1 Å². The van der Waals surface area contributed by atoms with Crippen LogP contribution in [-0.2, 0) is 16.1 Å². The second-order valence-electron chi connectivity index (χ2n) is 3.17. The molecule has 0 aliphatic rings. The summed E-state index contributed by atoms with van der Waals surface area (Å²) < 4.78 is 6.31. The van der Waals surface area contributed by atoms with E-state index in [0.29, 0.717) is 18.7 Å². The molecule has 4 nitrogen and oxygen atoms in total. The maximum atomic E-state index is 11.5. The van der Waals surface area contributed by atoms with Gasteiger partial charge < -0.3 is 9.30 Å². The molecule has 0 aliphatic carbocycles. The number of esters is 1. The maximum Gasteiger partial charge on any atom is 0.330 e. The van der Waals surface area contributed by atoms with Gasteiger partial charge in [0.2, 0.25) is 0 Å². The summed E-state index contributed by atoms with van der Waals surface area (Å²) in [7, 11) is 0. The van der Waals surface area contributed by atoms with Crippen LogP contribution in [0.2, 0.25) is 0 Å². The van der Waals surface area contributed by atoms with Gasteiger partial charge in [0, 0.05) is 24.9 Å². The zero-order valence-corrected chi connectivity index (χ0v) is 9.47. The van der Waals surface area contributed by atoms with Crippen molar-refractivity contribution in [3.8, 4) is 0 Å². The van der Waals surface area contributed by atoms with Gasteiger partial charge in [0.15, 0.2) is 0 Å². The summed E-state index contributed by atoms with van der Waals surface area (Å²) in [5.41, 5.74) is 0.622. The van der Waals surface area contributed by atoms with E-state index in [0.717, 1.165) is 0 Å². The van der Waals surface area contributed by atoms with Gasteiger partial charge in [-0.05, 0) is 31.6 Å².